The molecule has 1 rings (SSSR count). The van der Waals surface area contributed by atoms with Crippen molar-refractivity contribution in [2.24, 2.45) is 0 Å². The molecule has 21 heavy (non-hydrogen) atoms. The third-order valence-corrected chi connectivity index (χ3v) is 3.59. The number of alkyl halides is 4. The molecule has 0 spiro atoms. The van der Waals surface area contributed by atoms with E-state index in [0.29, 0.717) is 0 Å². The normalized spacial score (nSPS) is 14.4. The van der Waals surface area contributed by atoms with Gasteiger partial charge in [0.1, 0.15) is 11.6 Å². The lowest BCUT2D eigenvalue weighted by molar-refractivity contribution is -0.167. The van der Waals surface area contributed by atoms with Gasteiger partial charge in [0.05, 0.1) is 3.42 Å². The lowest BCUT2D eigenvalue weighted by Gasteiger charge is -2.23. The van der Waals surface area contributed by atoms with Crippen LogP contribution in [0.2, 0.25) is 0 Å². The first kappa shape index (κ1) is 17.9. The van der Waals surface area contributed by atoms with Gasteiger partial charge in [0.15, 0.2) is 0 Å². The molecule has 1 aromatic rings. The van der Waals surface area contributed by atoms with Crippen LogP contribution in [0.25, 0.3) is 0 Å². The van der Waals surface area contributed by atoms with Crippen LogP contribution in [0.15, 0.2) is 18.2 Å². The number of hydrogen-bond donors (Lipinski definition) is 1. The molecule has 0 saturated carbocycles. The number of nitrogens with one attached hydrogen (secondary N) is 1. The minimum Gasteiger partial charge on any atom is -0.318 e. The second kappa shape index (κ2) is 6.29. The molecule has 0 aliphatic rings. The van der Waals surface area contributed by atoms with Crippen LogP contribution in [-0.4, -0.2) is 17.9 Å². The number of amides is 1. The number of rotatable bonds is 4. The van der Waals surface area contributed by atoms with Gasteiger partial charge >= 0.3 is 12.1 Å². The fourth-order valence-corrected chi connectivity index (χ4v) is 2.72. The standard InChI is InChI=1S/C13H12F4INO2/c1-7(20)6-12(2,18)9-5-8(3-4-10(9)14)19-11(21)13(15,16)17/h3-5H,6H2,1-2H3,(H,19,21)/t12-/m0/s1. The molecule has 0 aliphatic heterocycles. The number of Topliss-reactive ketones (excluding diaryl/α,β-unsaturated/α-hetero) is 1. The molecule has 0 bridgehead atoms. The summed E-state index contributed by atoms with van der Waals surface area (Å²) in [7, 11) is 0. The van der Waals surface area contributed by atoms with E-state index in [9.17, 15) is 27.2 Å². The number of halogens is 5. The summed E-state index contributed by atoms with van der Waals surface area (Å²) < 4.78 is 49.5. The van der Waals surface area contributed by atoms with E-state index in [1.54, 1.807) is 12.2 Å². The minimum atomic E-state index is -5.03. The topological polar surface area (TPSA) is 46.2 Å². The molecule has 8 heteroatoms. The van der Waals surface area contributed by atoms with Crippen molar-refractivity contribution >= 4 is 40.0 Å². The maximum atomic E-state index is 13.8. The van der Waals surface area contributed by atoms with E-state index < -0.39 is 21.3 Å². The molecule has 1 N–H and O–H groups in total. The van der Waals surface area contributed by atoms with Crippen LogP contribution in [0.3, 0.4) is 0 Å². The second-order valence-corrected chi connectivity index (χ2v) is 7.10. The average molecular weight is 417 g/mol. The minimum absolute atomic E-state index is 0.0150. The zero-order chi connectivity index (χ0) is 16.4. The average Bonchev–Trinajstić information content (AvgIpc) is 2.28. The highest BCUT2D eigenvalue weighted by Gasteiger charge is 2.39. The van der Waals surface area contributed by atoms with Crippen molar-refractivity contribution in [3.8, 4) is 0 Å². The summed E-state index contributed by atoms with van der Waals surface area (Å²) in [5, 5.41) is 1.66. The summed E-state index contributed by atoms with van der Waals surface area (Å²) in [6, 6.07) is 3.09. The summed E-state index contributed by atoms with van der Waals surface area (Å²) in [5.74, 6) is -2.98. The fourth-order valence-electron chi connectivity index (χ4n) is 1.77. The first-order chi connectivity index (χ1) is 9.43. The second-order valence-electron chi connectivity index (χ2n) is 4.72. The van der Waals surface area contributed by atoms with Crippen molar-refractivity contribution in [1.29, 1.82) is 0 Å². The summed E-state index contributed by atoms with van der Waals surface area (Å²) in [4.78, 5) is 22.1. The van der Waals surface area contributed by atoms with Crippen molar-refractivity contribution in [3.05, 3.63) is 29.6 Å². The van der Waals surface area contributed by atoms with Crippen LogP contribution < -0.4 is 5.32 Å². The Hall–Kier alpha value is -1.19. The molecule has 3 nitrogen and oxygen atoms in total. The van der Waals surface area contributed by atoms with Crippen molar-refractivity contribution < 1.29 is 27.2 Å². The number of carbonyl (C=O) groups is 2. The van der Waals surface area contributed by atoms with Crippen molar-refractivity contribution in [2.75, 3.05) is 5.32 Å². The van der Waals surface area contributed by atoms with E-state index in [1.165, 1.54) is 6.92 Å². The van der Waals surface area contributed by atoms with Gasteiger partial charge in [-0.3, -0.25) is 9.59 Å². The molecule has 1 aromatic carbocycles. The Morgan fingerprint density at radius 3 is 2.33 bits per heavy atom. The SMILES string of the molecule is CC(=O)C[C@](C)(I)c1cc(NC(=O)C(F)(F)F)ccc1F. The Morgan fingerprint density at radius 1 is 1.29 bits per heavy atom. The molecule has 1 atom stereocenters. The van der Waals surface area contributed by atoms with Crippen molar-refractivity contribution in [3.63, 3.8) is 0 Å². The van der Waals surface area contributed by atoms with Gasteiger partial charge in [-0.1, -0.05) is 22.6 Å². The Balaban J connectivity index is 3.11. The molecule has 0 aromatic heterocycles. The van der Waals surface area contributed by atoms with E-state index in [0.717, 1.165) is 18.2 Å². The number of ketones is 1. The monoisotopic (exact) mass is 417 g/mol. The fraction of sp³-hybridized carbons (Fsp3) is 0.385. The smallest absolute Gasteiger partial charge is 0.318 e. The van der Waals surface area contributed by atoms with E-state index >= 15 is 0 Å². The highest BCUT2D eigenvalue weighted by atomic mass is 127. The molecule has 116 valence electrons. The van der Waals surface area contributed by atoms with E-state index in [2.05, 4.69) is 0 Å². The predicted octanol–water partition coefficient (Wildman–Crippen LogP) is 3.96. The van der Waals surface area contributed by atoms with Crippen molar-refractivity contribution in [2.45, 2.75) is 29.9 Å². The first-order valence-corrected chi connectivity index (χ1v) is 6.88. The Labute approximate surface area is 132 Å². The summed E-state index contributed by atoms with van der Waals surface area (Å²) in [6.45, 7) is 2.92. The maximum absolute atomic E-state index is 13.8. The molecule has 0 heterocycles. The van der Waals surface area contributed by atoms with E-state index in [1.807, 2.05) is 22.6 Å². The van der Waals surface area contributed by atoms with Crippen molar-refractivity contribution in [1.82, 2.24) is 0 Å². The Morgan fingerprint density at radius 2 is 1.86 bits per heavy atom. The van der Waals surface area contributed by atoms with Gasteiger partial charge in [-0.2, -0.15) is 13.2 Å². The number of benzene rings is 1. The van der Waals surface area contributed by atoms with Gasteiger partial charge in [-0.05, 0) is 32.0 Å². The lowest BCUT2D eigenvalue weighted by atomic mass is 9.95. The van der Waals surface area contributed by atoms with E-state index in [-0.39, 0.29) is 23.5 Å². The summed E-state index contributed by atoms with van der Waals surface area (Å²) in [6.07, 6.45) is -5.01. The van der Waals surface area contributed by atoms with Crippen LogP contribution in [0.5, 0.6) is 0 Å². The highest BCUT2D eigenvalue weighted by Crippen LogP contribution is 2.38. The number of carbonyl (C=O) groups excluding carboxylic acids is 2. The first-order valence-electron chi connectivity index (χ1n) is 5.80. The van der Waals surface area contributed by atoms with Crippen LogP contribution in [0.1, 0.15) is 25.8 Å². The highest BCUT2D eigenvalue weighted by molar-refractivity contribution is 14.1. The van der Waals surface area contributed by atoms with Gasteiger partial charge < -0.3 is 5.32 Å². The quantitative estimate of drug-likeness (QED) is 0.458. The van der Waals surface area contributed by atoms with E-state index in [4.69, 9.17) is 0 Å². The van der Waals surface area contributed by atoms with Crippen LogP contribution in [0.4, 0.5) is 23.2 Å². The molecule has 0 fully saturated rings. The number of anilines is 1. The third kappa shape index (κ3) is 4.94. The van der Waals surface area contributed by atoms with Gasteiger partial charge in [0.2, 0.25) is 0 Å². The number of hydrogen-bond acceptors (Lipinski definition) is 2. The van der Waals surface area contributed by atoms with Crippen LogP contribution in [-0.2, 0) is 13.0 Å². The molecule has 0 saturated heterocycles. The van der Waals surface area contributed by atoms with Crippen LogP contribution >= 0.6 is 22.6 Å². The van der Waals surface area contributed by atoms with Gasteiger partial charge in [0.25, 0.3) is 0 Å². The molecule has 0 unspecified atom stereocenters. The summed E-state index contributed by atoms with van der Waals surface area (Å²) >= 11 is 1.85. The molecule has 0 radical (unpaired) electrons. The van der Waals surface area contributed by atoms with Gasteiger partial charge in [0, 0.05) is 17.7 Å². The Bertz CT molecular complexity index is 570. The molecular formula is C13H12F4INO2. The maximum Gasteiger partial charge on any atom is 0.471 e. The van der Waals surface area contributed by atoms with Crippen LogP contribution in [0, 0.1) is 5.82 Å². The molecule has 1 amide bonds. The van der Waals surface area contributed by atoms with Gasteiger partial charge in [-0.15, -0.1) is 0 Å². The zero-order valence-corrected chi connectivity index (χ0v) is 13.3. The lowest BCUT2D eigenvalue weighted by Crippen LogP contribution is -2.30. The predicted molar refractivity (Wildman–Crippen MR) is 77.8 cm³/mol. The van der Waals surface area contributed by atoms with Gasteiger partial charge in [-0.25, -0.2) is 4.39 Å². The Kier molecular flexibility index (Phi) is 5.35. The largest absolute Gasteiger partial charge is 0.471 e. The molecule has 0 aliphatic carbocycles. The third-order valence-electron chi connectivity index (χ3n) is 2.62. The summed E-state index contributed by atoms with van der Waals surface area (Å²) in [5.41, 5.74) is -0.126. The molecular weight excluding hydrogens is 405 g/mol. The zero-order valence-electron chi connectivity index (χ0n) is 11.1.